The minimum Gasteiger partial charge on any atom is -0.326 e. The lowest BCUT2D eigenvalue weighted by Crippen LogP contribution is -2.33. The van der Waals surface area contributed by atoms with Crippen LogP contribution in [-0.4, -0.2) is 39.6 Å². The van der Waals surface area contributed by atoms with Crippen molar-refractivity contribution >= 4 is 34.8 Å². The number of nitrogens with zero attached hydrogens (tertiary/aromatic N) is 3. The molecule has 1 aromatic heterocycles. The molecule has 0 atom stereocenters. The molecule has 3 rings (SSSR count). The number of benzene rings is 2. The highest BCUT2D eigenvalue weighted by atomic mass is 35.5. The summed E-state index contributed by atoms with van der Waals surface area (Å²) in [4.78, 5) is 25.7. The van der Waals surface area contributed by atoms with Crippen molar-refractivity contribution in [3.63, 3.8) is 0 Å². The van der Waals surface area contributed by atoms with Gasteiger partial charge in [0.2, 0.25) is 11.8 Å². The SMILES string of the molecule is CCN(CC(=O)Nc1ccc(NC(C)=O)cc1)Cc1c(C)nn(Cc2ccccc2)c1Cl. The standard InChI is InChI=1S/C24H28ClN5O2/c1-4-29(16-23(32)27-21-12-10-20(11-13-21)26-18(3)31)15-22-17(2)28-30(24(22)25)14-19-8-6-5-7-9-19/h5-13H,4,14-16H2,1-3H3,(H,26,31)(H,27,32). The summed E-state index contributed by atoms with van der Waals surface area (Å²) in [5, 5.41) is 10.8. The summed E-state index contributed by atoms with van der Waals surface area (Å²) >= 11 is 6.64. The Morgan fingerprint density at radius 3 is 2.25 bits per heavy atom. The number of carbonyl (C=O) groups is 2. The highest BCUT2D eigenvalue weighted by molar-refractivity contribution is 6.30. The van der Waals surface area contributed by atoms with E-state index in [-0.39, 0.29) is 18.4 Å². The molecule has 0 unspecified atom stereocenters. The van der Waals surface area contributed by atoms with Crippen LogP contribution in [0.4, 0.5) is 11.4 Å². The van der Waals surface area contributed by atoms with Crippen LogP contribution in [0, 0.1) is 6.92 Å². The molecule has 0 saturated carbocycles. The Bertz CT molecular complexity index is 1060. The lowest BCUT2D eigenvalue weighted by atomic mass is 10.2. The van der Waals surface area contributed by atoms with Gasteiger partial charge in [0.1, 0.15) is 5.15 Å². The van der Waals surface area contributed by atoms with Crippen LogP contribution in [0.5, 0.6) is 0 Å². The van der Waals surface area contributed by atoms with E-state index in [2.05, 4.69) is 15.7 Å². The number of hydrogen-bond acceptors (Lipinski definition) is 4. The third-order valence-electron chi connectivity index (χ3n) is 5.04. The molecule has 0 spiro atoms. The fourth-order valence-electron chi connectivity index (χ4n) is 3.38. The van der Waals surface area contributed by atoms with Crippen molar-refractivity contribution < 1.29 is 9.59 Å². The van der Waals surface area contributed by atoms with Gasteiger partial charge in [-0.2, -0.15) is 5.10 Å². The van der Waals surface area contributed by atoms with Crippen LogP contribution in [0.15, 0.2) is 54.6 Å². The molecule has 7 nitrogen and oxygen atoms in total. The predicted molar refractivity (Wildman–Crippen MR) is 128 cm³/mol. The van der Waals surface area contributed by atoms with Gasteiger partial charge in [-0.05, 0) is 43.3 Å². The smallest absolute Gasteiger partial charge is 0.238 e. The maximum atomic E-state index is 12.6. The van der Waals surface area contributed by atoms with E-state index >= 15 is 0 Å². The molecule has 0 aliphatic heterocycles. The minimum absolute atomic E-state index is 0.121. The molecular formula is C24H28ClN5O2. The zero-order valence-corrected chi connectivity index (χ0v) is 19.3. The number of anilines is 2. The Kier molecular flexibility index (Phi) is 8.03. The molecule has 168 valence electrons. The molecule has 0 fully saturated rings. The molecule has 0 aliphatic rings. The van der Waals surface area contributed by atoms with Gasteiger partial charge in [0.15, 0.2) is 0 Å². The summed E-state index contributed by atoms with van der Waals surface area (Å²) in [5.41, 5.74) is 4.27. The Hall–Kier alpha value is -3.16. The molecule has 1 heterocycles. The van der Waals surface area contributed by atoms with E-state index in [4.69, 9.17) is 11.6 Å². The summed E-state index contributed by atoms with van der Waals surface area (Å²) in [6.45, 7) is 7.44. The second kappa shape index (κ2) is 10.9. The van der Waals surface area contributed by atoms with E-state index in [1.54, 1.807) is 28.9 Å². The van der Waals surface area contributed by atoms with Crippen LogP contribution >= 0.6 is 11.6 Å². The Labute approximate surface area is 193 Å². The second-order valence-electron chi connectivity index (χ2n) is 7.61. The van der Waals surface area contributed by atoms with Gasteiger partial charge < -0.3 is 10.6 Å². The molecule has 2 N–H and O–H groups in total. The van der Waals surface area contributed by atoms with Crippen molar-refractivity contribution in [2.45, 2.75) is 33.9 Å². The molecule has 8 heteroatoms. The van der Waals surface area contributed by atoms with E-state index in [0.717, 1.165) is 16.8 Å². The average molecular weight is 454 g/mol. The van der Waals surface area contributed by atoms with Crippen LogP contribution < -0.4 is 10.6 Å². The Morgan fingerprint density at radius 1 is 1.03 bits per heavy atom. The predicted octanol–water partition coefficient (Wildman–Crippen LogP) is 4.31. The normalized spacial score (nSPS) is 10.9. The van der Waals surface area contributed by atoms with E-state index < -0.39 is 0 Å². The van der Waals surface area contributed by atoms with Gasteiger partial charge in [-0.3, -0.25) is 14.5 Å². The van der Waals surface area contributed by atoms with Gasteiger partial charge >= 0.3 is 0 Å². The van der Waals surface area contributed by atoms with Crippen LogP contribution in [0.2, 0.25) is 5.15 Å². The largest absolute Gasteiger partial charge is 0.326 e. The van der Waals surface area contributed by atoms with Crippen molar-refractivity contribution in [2.24, 2.45) is 0 Å². The fraction of sp³-hybridized carbons (Fsp3) is 0.292. The van der Waals surface area contributed by atoms with Gasteiger partial charge in [-0.15, -0.1) is 0 Å². The number of likely N-dealkylation sites (N-methyl/N-ethyl adjacent to an activating group) is 1. The molecule has 2 amide bonds. The van der Waals surface area contributed by atoms with Crippen molar-refractivity contribution in [1.29, 1.82) is 0 Å². The quantitative estimate of drug-likeness (QED) is 0.506. The highest BCUT2D eigenvalue weighted by Crippen LogP contribution is 2.23. The summed E-state index contributed by atoms with van der Waals surface area (Å²) in [6, 6.07) is 17.1. The fourth-order valence-corrected chi connectivity index (χ4v) is 3.67. The van der Waals surface area contributed by atoms with E-state index in [9.17, 15) is 9.59 Å². The number of rotatable bonds is 9. The molecule has 3 aromatic rings. The first-order valence-corrected chi connectivity index (χ1v) is 10.9. The topological polar surface area (TPSA) is 79.3 Å². The number of aryl methyl sites for hydroxylation is 1. The number of halogens is 1. The number of hydrogen-bond donors (Lipinski definition) is 2. The van der Waals surface area contributed by atoms with Crippen LogP contribution in [0.3, 0.4) is 0 Å². The third kappa shape index (κ3) is 6.42. The summed E-state index contributed by atoms with van der Waals surface area (Å²) < 4.78 is 1.80. The van der Waals surface area contributed by atoms with Gasteiger partial charge in [0.05, 0.1) is 18.8 Å². The molecule has 0 aliphatic carbocycles. The maximum Gasteiger partial charge on any atom is 0.238 e. The van der Waals surface area contributed by atoms with Gasteiger partial charge in [-0.1, -0.05) is 48.9 Å². The van der Waals surface area contributed by atoms with Crippen molar-refractivity contribution in [3.8, 4) is 0 Å². The average Bonchev–Trinajstić information content (AvgIpc) is 3.02. The maximum absolute atomic E-state index is 12.6. The summed E-state index contributed by atoms with van der Waals surface area (Å²) in [5.74, 6) is -0.258. The van der Waals surface area contributed by atoms with Gasteiger partial charge in [0, 0.05) is 30.4 Å². The van der Waals surface area contributed by atoms with Crippen molar-refractivity contribution in [3.05, 3.63) is 76.6 Å². The van der Waals surface area contributed by atoms with Gasteiger partial charge in [-0.25, -0.2) is 4.68 Å². The van der Waals surface area contributed by atoms with Gasteiger partial charge in [0.25, 0.3) is 0 Å². The highest BCUT2D eigenvalue weighted by Gasteiger charge is 2.18. The van der Waals surface area contributed by atoms with E-state index in [1.807, 2.05) is 49.1 Å². The first-order valence-electron chi connectivity index (χ1n) is 10.5. The first-order chi connectivity index (χ1) is 15.4. The van der Waals surface area contributed by atoms with E-state index in [1.165, 1.54) is 6.92 Å². The van der Waals surface area contributed by atoms with Crippen LogP contribution in [0.25, 0.3) is 0 Å². The zero-order chi connectivity index (χ0) is 23.1. The monoisotopic (exact) mass is 453 g/mol. The molecular weight excluding hydrogens is 426 g/mol. The molecule has 2 aromatic carbocycles. The Balaban J connectivity index is 1.61. The zero-order valence-electron chi connectivity index (χ0n) is 18.6. The summed E-state index contributed by atoms with van der Waals surface area (Å²) in [6.07, 6.45) is 0. The van der Waals surface area contributed by atoms with Crippen molar-refractivity contribution in [1.82, 2.24) is 14.7 Å². The van der Waals surface area contributed by atoms with Crippen LogP contribution in [0.1, 0.15) is 30.7 Å². The third-order valence-corrected chi connectivity index (χ3v) is 5.47. The number of nitrogens with one attached hydrogen (secondary N) is 2. The number of amides is 2. The summed E-state index contributed by atoms with van der Waals surface area (Å²) in [7, 11) is 0. The first kappa shape index (κ1) is 23.5. The number of carbonyl (C=O) groups excluding carboxylic acids is 2. The molecule has 0 saturated heterocycles. The lowest BCUT2D eigenvalue weighted by molar-refractivity contribution is -0.117. The Morgan fingerprint density at radius 2 is 1.66 bits per heavy atom. The number of aromatic nitrogens is 2. The van der Waals surface area contributed by atoms with Crippen LogP contribution in [-0.2, 0) is 22.7 Å². The minimum atomic E-state index is -0.138. The molecule has 0 bridgehead atoms. The molecule has 32 heavy (non-hydrogen) atoms. The molecule has 0 radical (unpaired) electrons. The lowest BCUT2D eigenvalue weighted by Gasteiger charge is -2.20. The van der Waals surface area contributed by atoms with E-state index in [0.29, 0.717) is 36.2 Å². The van der Waals surface area contributed by atoms with Crippen molar-refractivity contribution in [2.75, 3.05) is 23.7 Å². The second-order valence-corrected chi connectivity index (χ2v) is 7.97.